The zero-order valence-electron chi connectivity index (χ0n) is 9.15. The molecule has 2 rings (SSSR count). The van der Waals surface area contributed by atoms with Gasteiger partial charge in [-0.2, -0.15) is 0 Å². The van der Waals surface area contributed by atoms with E-state index in [0.29, 0.717) is 4.64 Å². The van der Waals surface area contributed by atoms with Gasteiger partial charge in [0.25, 0.3) is 0 Å². The van der Waals surface area contributed by atoms with Crippen molar-refractivity contribution in [1.82, 2.24) is 9.97 Å². The van der Waals surface area contributed by atoms with Crippen LogP contribution in [0.5, 0.6) is 5.75 Å². The van der Waals surface area contributed by atoms with Crippen LogP contribution in [-0.4, -0.2) is 17.1 Å². The summed E-state index contributed by atoms with van der Waals surface area (Å²) < 4.78 is 5.75. The molecule has 0 spiro atoms. The second-order valence-corrected chi connectivity index (χ2v) is 3.82. The first-order chi connectivity index (χ1) is 7.72. The summed E-state index contributed by atoms with van der Waals surface area (Å²) in [4.78, 5) is 7.15. The molecule has 0 unspecified atom stereocenters. The quantitative estimate of drug-likeness (QED) is 0.808. The van der Waals surface area contributed by atoms with Crippen LogP contribution in [0, 0.1) is 11.6 Å². The molecule has 0 aliphatic carbocycles. The van der Waals surface area contributed by atoms with Crippen molar-refractivity contribution in [1.29, 1.82) is 0 Å². The van der Waals surface area contributed by atoms with E-state index < -0.39 is 0 Å². The Morgan fingerprint density at radius 1 is 1.25 bits per heavy atom. The van der Waals surface area contributed by atoms with Gasteiger partial charge in [-0.05, 0) is 36.8 Å². The molecule has 0 aliphatic heterocycles. The van der Waals surface area contributed by atoms with Gasteiger partial charge in [0.2, 0.25) is 0 Å². The number of nitrogens with zero attached hydrogens (tertiary/aromatic N) is 1. The standard InChI is InChI=1S/C12H12N2OS/c1-8-11(13-7-14-12(8)16)9-3-5-10(15-2)6-4-9/h3-7H,1-2H3,(H,13,14,16). The fourth-order valence-electron chi connectivity index (χ4n) is 1.52. The van der Waals surface area contributed by atoms with Gasteiger partial charge in [-0.1, -0.05) is 12.2 Å². The molecule has 0 atom stereocenters. The summed E-state index contributed by atoms with van der Waals surface area (Å²) in [5, 5.41) is 0. The third kappa shape index (κ3) is 1.97. The molecule has 4 heteroatoms. The van der Waals surface area contributed by atoms with E-state index in [0.717, 1.165) is 22.6 Å². The van der Waals surface area contributed by atoms with E-state index in [-0.39, 0.29) is 0 Å². The molecule has 0 saturated carbocycles. The lowest BCUT2D eigenvalue weighted by Gasteiger charge is -2.06. The molecular weight excluding hydrogens is 220 g/mol. The molecule has 1 N–H and O–H groups in total. The molecule has 0 bridgehead atoms. The van der Waals surface area contributed by atoms with Gasteiger partial charge in [0.1, 0.15) is 10.4 Å². The van der Waals surface area contributed by atoms with Crippen LogP contribution < -0.4 is 4.74 Å². The zero-order valence-corrected chi connectivity index (χ0v) is 9.97. The Balaban J connectivity index is 2.50. The van der Waals surface area contributed by atoms with Gasteiger partial charge in [-0.15, -0.1) is 0 Å². The highest BCUT2D eigenvalue weighted by Crippen LogP contribution is 2.23. The predicted molar refractivity (Wildman–Crippen MR) is 66.1 cm³/mol. The summed E-state index contributed by atoms with van der Waals surface area (Å²) in [6.45, 7) is 1.96. The van der Waals surface area contributed by atoms with Crippen LogP contribution >= 0.6 is 12.2 Å². The monoisotopic (exact) mass is 232 g/mol. The molecule has 0 radical (unpaired) electrons. The summed E-state index contributed by atoms with van der Waals surface area (Å²) in [6.07, 6.45) is 1.62. The number of aromatic amines is 1. The normalized spacial score (nSPS) is 10.1. The second kappa shape index (κ2) is 4.45. The average Bonchev–Trinajstić information content (AvgIpc) is 2.33. The van der Waals surface area contributed by atoms with E-state index in [2.05, 4.69) is 9.97 Å². The molecule has 82 valence electrons. The van der Waals surface area contributed by atoms with Crippen LogP contribution in [0.2, 0.25) is 0 Å². The smallest absolute Gasteiger partial charge is 0.132 e. The Morgan fingerprint density at radius 2 is 1.94 bits per heavy atom. The molecule has 0 amide bonds. The topological polar surface area (TPSA) is 37.9 Å². The van der Waals surface area contributed by atoms with Crippen LogP contribution in [0.4, 0.5) is 0 Å². The van der Waals surface area contributed by atoms with Gasteiger partial charge in [-0.25, -0.2) is 4.98 Å². The van der Waals surface area contributed by atoms with E-state index in [4.69, 9.17) is 17.0 Å². The minimum absolute atomic E-state index is 0.629. The van der Waals surface area contributed by atoms with E-state index >= 15 is 0 Å². The number of nitrogens with one attached hydrogen (secondary N) is 1. The number of hydrogen-bond donors (Lipinski definition) is 1. The lowest BCUT2D eigenvalue weighted by molar-refractivity contribution is 0.415. The molecule has 0 saturated heterocycles. The van der Waals surface area contributed by atoms with Crippen molar-refractivity contribution in [3.8, 4) is 17.0 Å². The van der Waals surface area contributed by atoms with Gasteiger partial charge in [0.15, 0.2) is 0 Å². The Kier molecular flexibility index (Phi) is 3.01. The fourth-order valence-corrected chi connectivity index (χ4v) is 1.68. The lowest BCUT2D eigenvalue weighted by Crippen LogP contribution is -1.91. The first kappa shape index (κ1) is 10.8. The first-order valence-electron chi connectivity index (χ1n) is 4.91. The summed E-state index contributed by atoms with van der Waals surface area (Å²) in [7, 11) is 1.65. The Labute approximate surface area is 99.1 Å². The van der Waals surface area contributed by atoms with E-state index in [1.807, 2.05) is 31.2 Å². The number of H-pyrrole nitrogens is 1. The third-order valence-electron chi connectivity index (χ3n) is 2.47. The summed E-state index contributed by atoms with van der Waals surface area (Å²) >= 11 is 5.13. The number of hydrogen-bond acceptors (Lipinski definition) is 3. The minimum Gasteiger partial charge on any atom is -0.497 e. The van der Waals surface area contributed by atoms with E-state index in [1.54, 1.807) is 13.4 Å². The second-order valence-electron chi connectivity index (χ2n) is 3.44. The molecule has 16 heavy (non-hydrogen) atoms. The van der Waals surface area contributed by atoms with Crippen molar-refractivity contribution in [3.63, 3.8) is 0 Å². The molecule has 0 aliphatic rings. The summed E-state index contributed by atoms with van der Waals surface area (Å²) in [6, 6.07) is 7.83. The van der Waals surface area contributed by atoms with Gasteiger partial charge in [0, 0.05) is 5.56 Å². The van der Waals surface area contributed by atoms with Gasteiger partial charge in [0.05, 0.1) is 19.1 Å². The molecule has 1 aromatic carbocycles. The molecule has 0 fully saturated rings. The lowest BCUT2D eigenvalue weighted by atomic mass is 10.1. The molecule has 2 aromatic rings. The van der Waals surface area contributed by atoms with Crippen molar-refractivity contribution in [2.45, 2.75) is 6.92 Å². The number of ether oxygens (including phenoxy) is 1. The average molecular weight is 232 g/mol. The Hall–Kier alpha value is -1.68. The highest BCUT2D eigenvalue weighted by Gasteiger charge is 2.03. The molecular formula is C12H12N2OS. The molecule has 1 aromatic heterocycles. The fraction of sp³-hybridized carbons (Fsp3) is 0.167. The van der Waals surface area contributed by atoms with Crippen molar-refractivity contribution in [2.24, 2.45) is 0 Å². The third-order valence-corrected chi connectivity index (χ3v) is 2.88. The maximum atomic E-state index is 5.13. The Bertz CT molecular complexity index is 546. The predicted octanol–water partition coefficient (Wildman–Crippen LogP) is 3.12. The number of methoxy groups -OCH3 is 1. The van der Waals surface area contributed by atoms with Crippen LogP contribution in [0.15, 0.2) is 30.6 Å². The van der Waals surface area contributed by atoms with E-state index in [1.165, 1.54) is 0 Å². The SMILES string of the molecule is COc1ccc(-c2[nH]cnc(=S)c2C)cc1. The van der Waals surface area contributed by atoms with Gasteiger partial charge in [-0.3, -0.25) is 0 Å². The Morgan fingerprint density at radius 3 is 2.56 bits per heavy atom. The first-order valence-corrected chi connectivity index (χ1v) is 5.32. The van der Waals surface area contributed by atoms with Crippen LogP contribution in [-0.2, 0) is 0 Å². The molecule has 1 heterocycles. The van der Waals surface area contributed by atoms with Crippen LogP contribution in [0.1, 0.15) is 5.56 Å². The number of benzene rings is 1. The van der Waals surface area contributed by atoms with Crippen molar-refractivity contribution >= 4 is 12.2 Å². The summed E-state index contributed by atoms with van der Waals surface area (Å²) in [5.74, 6) is 0.842. The highest BCUT2D eigenvalue weighted by molar-refractivity contribution is 7.71. The number of aromatic nitrogens is 2. The highest BCUT2D eigenvalue weighted by atomic mass is 32.1. The maximum Gasteiger partial charge on any atom is 0.132 e. The van der Waals surface area contributed by atoms with Crippen LogP contribution in [0.3, 0.4) is 0 Å². The largest absolute Gasteiger partial charge is 0.497 e. The van der Waals surface area contributed by atoms with Crippen molar-refractivity contribution < 1.29 is 4.74 Å². The van der Waals surface area contributed by atoms with Gasteiger partial charge >= 0.3 is 0 Å². The molecule has 3 nitrogen and oxygen atoms in total. The minimum atomic E-state index is 0.629. The van der Waals surface area contributed by atoms with Gasteiger partial charge < -0.3 is 9.72 Å². The van der Waals surface area contributed by atoms with Crippen molar-refractivity contribution in [3.05, 3.63) is 40.8 Å². The van der Waals surface area contributed by atoms with Crippen LogP contribution in [0.25, 0.3) is 11.3 Å². The van der Waals surface area contributed by atoms with Crippen molar-refractivity contribution in [2.75, 3.05) is 7.11 Å². The maximum absolute atomic E-state index is 5.13. The zero-order chi connectivity index (χ0) is 11.5. The number of rotatable bonds is 2. The van der Waals surface area contributed by atoms with E-state index in [9.17, 15) is 0 Å². The summed E-state index contributed by atoms with van der Waals surface area (Å²) in [5.41, 5.74) is 3.07.